The van der Waals surface area contributed by atoms with E-state index < -0.39 is 12.0 Å². The van der Waals surface area contributed by atoms with Crippen LogP contribution in [-0.4, -0.2) is 34.8 Å². The maximum Gasteiger partial charge on any atom is 0.451 e. The molecule has 19 heavy (non-hydrogen) atoms. The first-order chi connectivity index (χ1) is 8.88. The number of halogens is 4. The highest BCUT2D eigenvalue weighted by atomic mass is 35.5. The largest absolute Gasteiger partial charge is 0.451 e. The summed E-state index contributed by atoms with van der Waals surface area (Å²) in [5, 5.41) is 8.69. The van der Waals surface area contributed by atoms with E-state index in [2.05, 4.69) is 9.97 Å². The summed E-state index contributed by atoms with van der Waals surface area (Å²) in [6.07, 6.45) is -2.98. The highest BCUT2D eigenvalue weighted by Gasteiger charge is 2.35. The fourth-order valence-electron chi connectivity index (χ4n) is 1.51. The van der Waals surface area contributed by atoms with Gasteiger partial charge in [-0.2, -0.15) is 13.2 Å². The molecule has 0 aliphatic rings. The van der Waals surface area contributed by atoms with E-state index in [-0.39, 0.29) is 24.1 Å². The van der Waals surface area contributed by atoms with Crippen LogP contribution in [0.15, 0.2) is 6.07 Å². The second-order valence-electron chi connectivity index (χ2n) is 3.93. The van der Waals surface area contributed by atoms with Gasteiger partial charge in [0.05, 0.1) is 6.61 Å². The molecule has 0 bridgehead atoms. The van der Waals surface area contributed by atoms with Gasteiger partial charge in [-0.1, -0.05) is 24.9 Å². The van der Waals surface area contributed by atoms with Gasteiger partial charge in [0.1, 0.15) is 11.0 Å². The van der Waals surface area contributed by atoms with Crippen molar-refractivity contribution in [1.29, 1.82) is 0 Å². The van der Waals surface area contributed by atoms with E-state index in [1.165, 1.54) is 6.07 Å². The normalized spacial score (nSPS) is 11.7. The van der Waals surface area contributed by atoms with Gasteiger partial charge < -0.3 is 10.0 Å². The zero-order valence-corrected chi connectivity index (χ0v) is 11.2. The molecule has 1 aromatic heterocycles. The van der Waals surface area contributed by atoms with E-state index in [1.54, 1.807) is 4.90 Å². The van der Waals surface area contributed by atoms with Gasteiger partial charge in [0.15, 0.2) is 0 Å². The molecule has 0 fully saturated rings. The smallest absolute Gasteiger partial charge is 0.395 e. The number of hydrogen-bond acceptors (Lipinski definition) is 4. The fourth-order valence-corrected chi connectivity index (χ4v) is 1.68. The number of hydrogen-bond donors (Lipinski definition) is 1. The lowest BCUT2D eigenvalue weighted by atomic mass is 10.3. The van der Waals surface area contributed by atoms with Crippen molar-refractivity contribution in [2.75, 3.05) is 24.6 Å². The van der Waals surface area contributed by atoms with Crippen molar-refractivity contribution in [3.63, 3.8) is 0 Å². The molecular formula is C11H15ClF3N3O. The Labute approximate surface area is 114 Å². The van der Waals surface area contributed by atoms with Crippen LogP contribution in [0.25, 0.3) is 0 Å². The van der Waals surface area contributed by atoms with E-state index in [9.17, 15) is 13.2 Å². The summed E-state index contributed by atoms with van der Waals surface area (Å²) in [6.45, 7) is 2.49. The van der Waals surface area contributed by atoms with Crippen molar-refractivity contribution in [2.24, 2.45) is 0 Å². The summed E-state index contributed by atoms with van der Waals surface area (Å²) < 4.78 is 37.8. The van der Waals surface area contributed by atoms with Gasteiger partial charge in [-0.15, -0.1) is 0 Å². The standard InChI is InChI=1S/C11H15ClF3N3O/c1-2-3-4-18(5-6-19)9-7-8(12)16-10(17-9)11(13,14)15/h7,19H,2-6H2,1H3. The first kappa shape index (κ1) is 16.0. The summed E-state index contributed by atoms with van der Waals surface area (Å²) in [4.78, 5) is 8.20. The average Bonchev–Trinajstić information content (AvgIpc) is 2.32. The summed E-state index contributed by atoms with van der Waals surface area (Å²) in [5.74, 6) is -1.19. The minimum Gasteiger partial charge on any atom is -0.395 e. The lowest BCUT2D eigenvalue weighted by Crippen LogP contribution is -2.29. The molecule has 1 N–H and O–H groups in total. The number of unbranched alkanes of at least 4 members (excludes halogenated alkanes) is 1. The predicted octanol–water partition coefficient (Wildman–Crippen LogP) is 2.75. The summed E-state index contributed by atoms with van der Waals surface area (Å²) in [6, 6.07) is 1.27. The zero-order valence-electron chi connectivity index (χ0n) is 10.4. The van der Waals surface area contributed by atoms with Gasteiger partial charge in [0.2, 0.25) is 5.82 Å². The molecule has 0 unspecified atom stereocenters. The number of aromatic nitrogens is 2. The molecule has 0 saturated carbocycles. The molecule has 0 aliphatic heterocycles. The molecule has 0 saturated heterocycles. The molecule has 1 rings (SSSR count). The van der Waals surface area contributed by atoms with Crippen molar-refractivity contribution in [3.8, 4) is 0 Å². The highest BCUT2D eigenvalue weighted by Crippen LogP contribution is 2.29. The SMILES string of the molecule is CCCCN(CCO)c1cc(Cl)nc(C(F)(F)F)n1. The molecule has 0 aromatic carbocycles. The van der Waals surface area contributed by atoms with Gasteiger partial charge in [0.25, 0.3) is 0 Å². The Bertz CT molecular complexity index is 415. The Hall–Kier alpha value is -1.08. The molecule has 0 radical (unpaired) electrons. The number of aliphatic hydroxyl groups excluding tert-OH is 1. The lowest BCUT2D eigenvalue weighted by Gasteiger charge is -2.23. The van der Waals surface area contributed by atoms with E-state index in [1.807, 2.05) is 6.92 Å². The Morgan fingerprint density at radius 1 is 1.32 bits per heavy atom. The minimum atomic E-state index is -4.64. The summed E-state index contributed by atoms with van der Waals surface area (Å²) in [5.41, 5.74) is 0. The van der Waals surface area contributed by atoms with E-state index in [0.717, 1.165) is 12.8 Å². The van der Waals surface area contributed by atoms with Crippen LogP contribution in [-0.2, 0) is 6.18 Å². The maximum absolute atomic E-state index is 12.6. The van der Waals surface area contributed by atoms with Crippen LogP contribution in [0.1, 0.15) is 25.6 Å². The Kier molecular flexibility index (Phi) is 5.81. The van der Waals surface area contributed by atoms with Crippen LogP contribution in [0.4, 0.5) is 19.0 Å². The maximum atomic E-state index is 12.6. The van der Waals surface area contributed by atoms with Crippen LogP contribution < -0.4 is 4.90 Å². The van der Waals surface area contributed by atoms with Crippen LogP contribution in [0.3, 0.4) is 0 Å². The molecule has 0 amide bonds. The first-order valence-corrected chi connectivity index (χ1v) is 6.24. The lowest BCUT2D eigenvalue weighted by molar-refractivity contribution is -0.144. The predicted molar refractivity (Wildman–Crippen MR) is 66.3 cm³/mol. The average molecular weight is 298 g/mol. The monoisotopic (exact) mass is 297 g/mol. The fraction of sp³-hybridized carbons (Fsp3) is 0.636. The molecule has 1 heterocycles. The Morgan fingerprint density at radius 2 is 2.00 bits per heavy atom. The van der Waals surface area contributed by atoms with Crippen LogP contribution in [0.5, 0.6) is 0 Å². The van der Waals surface area contributed by atoms with Gasteiger partial charge in [-0.3, -0.25) is 0 Å². The minimum absolute atomic E-state index is 0.0785. The van der Waals surface area contributed by atoms with Crippen molar-refractivity contribution in [1.82, 2.24) is 9.97 Å². The third kappa shape index (κ3) is 4.83. The molecule has 0 atom stereocenters. The van der Waals surface area contributed by atoms with Crippen LogP contribution in [0, 0.1) is 0 Å². The topological polar surface area (TPSA) is 49.2 Å². The summed E-state index contributed by atoms with van der Waals surface area (Å²) in [7, 11) is 0. The molecule has 0 aliphatic carbocycles. The van der Waals surface area contributed by atoms with Crippen molar-refractivity contribution in [2.45, 2.75) is 25.9 Å². The first-order valence-electron chi connectivity index (χ1n) is 5.86. The van der Waals surface area contributed by atoms with E-state index >= 15 is 0 Å². The highest BCUT2D eigenvalue weighted by molar-refractivity contribution is 6.29. The number of nitrogens with zero attached hydrogens (tertiary/aromatic N) is 3. The Morgan fingerprint density at radius 3 is 2.53 bits per heavy atom. The van der Waals surface area contributed by atoms with Gasteiger partial charge in [0, 0.05) is 19.2 Å². The molecular weight excluding hydrogens is 283 g/mol. The molecule has 108 valence electrons. The quantitative estimate of drug-likeness (QED) is 0.820. The van der Waals surface area contributed by atoms with Gasteiger partial charge in [-0.25, -0.2) is 9.97 Å². The second-order valence-corrected chi connectivity index (χ2v) is 4.32. The van der Waals surface area contributed by atoms with Crippen molar-refractivity contribution >= 4 is 17.4 Å². The molecule has 8 heteroatoms. The number of alkyl halides is 3. The third-order valence-electron chi connectivity index (χ3n) is 2.41. The van der Waals surface area contributed by atoms with Gasteiger partial charge in [-0.05, 0) is 6.42 Å². The molecule has 1 aromatic rings. The number of aliphatic hydroxyl groups is 1. The third-order valence-corrected chi connectivity index (χ3v) is 2.60. The second kappa shape index (κ2) is 6.91. The van der Waals surface area contributed by atoms with Crippen molar-refractivity contribution in [3.05, 3.63) is 17.0 Å². The Balaban J connectivity index is 3.05. The van der Waals surface area contributed by atoms with Crippen molar-refractivity contribution < 1.29 is 18.3 Å². The zero-order chi connectivity index (χ0) is 14.5. The summed E-state index contributed by atoms with van der Waals surface area (Å²) >= 11 is 5.59. The van der Waals surface area contributed by atoms with E-state index in [4.69, 9.17) is 16.7 Å². The van der Waals surface area contributed by atoms with Crippen LogP contribution >= 0.6 is 11.6 Å². The van der Waals surface area contributed by atoms with Gasteiger partial charge >= 0.3 is 6.18 Å². The van der Waals surface area contributed by atoms with E-state index in [0.29, 0.717) is 6.54 Å². The number of rotatable bonds is 6. The van der Waals surface area contributed by atoms with Crippen LogP contribution in [0.2, 0.25) is 5.15 Å². The molecule has 0 spiro atoms. The molecule has 4 nitrogen and oxygen atoms in total. The number of anilines is 1.